The van der Waals surface area contributed by atoms with Gasteiger partial charge in [0.15, 0.2) is 0 Å². The molecule has 106 valence electrons. The van der Waals surface area contributed by atoms with Gasteiger partial charge in [0.25, 0.3) is 0 Å². The summed E-state index contributed by atoms with van der Waals surface area (Å²) in [6.07, 6.45) is 2.75. The lowest BCUT2D eigenvalue weighted by Crippen LogP contribution is -2.37. The summed E-state index contributed by atoms with van der Waals surface area (Å²) in [5.74, 6) is 1.82. The molecule has 1 saturated heterocycles. The summed E-state index contributed by atoms with van der Waals surface area (Å²) in [4.78, 5) is 2.52. The Labute approximate surface area is 110 Å². The number of hydrogen-bond acceptors (Lipinski definition) is 2. The fourth-order valence-electron chi connectivity index (χ4n) is 2.06. The lowest BCUT2D eigenvalue weighted by Gasteiger charge is -2.33. The summed E-state index contributed by atoms with van der Waals surface area (Å²) in [5, 5.41) is 0. The van der Waals surface area contributed by atoms with Crippen molar-refractivity contribution in [1.29, 1.82) is 0 Å². The highest BCUT2D eigenvalue weighted by atomic mass is 16.5. The molecule has 0 aromatic rings. The van der Waals surface area contributed by atoms with Gasteiger partial charge in [-0.3, -0.25) is 0 Å². The number of nitrogens with zero attached hydrogens (tertiary/aromatic N) is 1. The molecule has 0 radical (unpaired) electrons. The zero-order valence-electron chi connectivity index (χ0n) is 13.3. The number of rotatable bonds is 4. The number of piperidine rings is 1. The number of methoxy groups -OCH3 is 1. The first-order valence-electron chi connectivity index (χ1n) is 7.45. The van der Waals surface area contributed by atoms with E-state index in [0.29, 0.717) is 0 Å². The van der Waals surface area contributed by atoms with Crippen molar-refractivity contribution in [3.05, 3.63) is 0 Å². The summed E-state index contributed by atoms with van der Waals surface area (Å²) in [5.41, 5.74) is 0. The number of hydrogen-bond donors (Lipinski definition) is 0. The molecule has 1 aliphatic heterocycles. The molecule has 1 fully saturated rings. The van der Waals surface area contributed by atoms with Crippen molar-refractivity contribution in [2.24, 2.45) is 11.8 Å². The molecule has 2 heteroatoms. The van der Waals surface area contributed by atoms with E-state index in [9.17, 15) is 0 Å². The minimum absolute atomic E-state index is 0.865. The first kappa shape index (κ1) is 19.3. The summed E-state index contributed by atoms with van der Waals surface area (Å²) in [6, 6.07) is 0. The Hall–Kier alpha value is -0.0800. The quantitative estimate of drug-likeness (QED) is 0.741. The van der Waals surface area contributed by atoms with Crippen molar-refractivity contribution >= 4 is 0 Å². The molecule has 0 aromatic heterocycles. The topological polar surface area (TPSA) is 12.5 Å². The third-order valence-electron chi connectivity index (χ3n) is 3.19. The molecule has 1 rings (SSSR count). The highest BCUT2D eigenvalue weighted by molar-refractivity contribution is 4.73. The Morgan fingerprint density at radius 2 is 1.53 bits per heavy atom. The van der Waals surface area contributed by atoms with Gasteiger partial charge >= 0.3 is 0 Å². The van der Waals surface area contributed by atoms with Gasteiger partial charge in [0, 0.05) is 13.7 Å². The molecule has 0 bridgehead atoms. The summed E-state index contributed by atoms with van der Waals surface area (Å²) >= 11 is 0. The molecule has 0 amide bonds. The van der Waals surface area contributed by atoms with Crippen LogP contribution in [0.5, 0.6) is 0 Å². The Bertz CT molecular complexity index is 129. The van der Waals surface area contributed by atoms with Gasteiger partial charge in [-0.1, -0.05) is 41.5 Å². The summed E-state index contributed by atoms with van der Waals surface area (Å²) in [7, 11) is 1.78. The van der Waals surface area contributed by atoms with Crippen molar-refractivity contribution in [3.8, 4) is 0 Å². The minimum atomic E-state index is 0.865. The molecule has 0 spiro atoms. The van der Waals surface area contributed by atoms with Crippen LogP contribution in [-0.2, 0) is 4.74 Å². The third kappa shape index (κ3) is 9.61. The molecule has 0 aromatic carbocycles. The van der Waals surface area contributed by atoms with Crippen molar-refractivity contribution in [3.63, 3.8) is 0 Å². The van der Waals surface area contributed by atoms with Crippen molar-refractivity contribution < 1.29 is 4.74 Å². The van der Waals surface area contributed by atoms with Crippen molar-refractivity contribution in [1.82, 2.24) is 4.90 Å². The van der Waals surface area contributed by atoms with Crippen LogP contribution in [-0.4, -0.2) is 38.3 Å². The van der Waals surface area contributed by atoms with Gasteiger partial charge in [-0.25, -0.2) is 0 Å². The van der Waals surface area contributed by atoms with Crippen LogP contribution in [0.1, 0.15) is 54.4 Å². The van der Waals surface area contributed by atoms with E-state index in [-0.39, 0.29) is 0 Å². The highest BCUT2D eigenvalue weighted by Gasteiger charge is 2.20. The third-order valence-corrected chi connectivity index (χ3v) is 3.19. The number of ether oxygens (including phenoxy) is 1. The Kier molecular flexibility index (Phi) is 15.8. The van der Waals surface area contributed by atoms with Crippen LogP contribution in [0.15, 0.2) is 0 Å². The molecule has 1 heterocycles. The van der Waals surface area contributed by atoms with E-state index in [1.54, 1.807) is 7.11 Å². The SMILES string of the molecule is CC.CC.COCCN1CCC(C(C)C)CC1. The lowest BCUT2D eigenvalue weighted by molar-refractivity contribution is 0.110. The predicted molar refractivity (Wildman–Crippen MR) is 78.6 cm³/mol. The zero-order chi connectivity index (χ0) is 13.7. The molecule has 1 aliphatic rings. The maximum absolute atomic E-state index is 5.08. The molecular formula is C15H35NO. The fourth-order valence-corrected chi connectivity index (χ4v) is 2.06. The van der Waals surface area contributed by atoms with Crippen molar-refractivity contribution in [2.75, 3.05) is 33.4 Å². The van der Waals surface area contributed by atoms with E-state index in [4.69, 9.17) is 4.74 Å². The Balaban J connectivity index is 0. The van der Waals surface area contributed by atoms with Gasteiger partial charge < -0.3 is 9.64 Å². The van der Waals surface area contributed by atoms with E-state index in [0.717, 1.165) is 25.0 Å². The van der Waals surface area contributed by atoms with Crippen LogP contribution in [0.4, 0.5) is 0 Å². The smallest absolute Gasteiger partial charge is 0.0589 e. The van der Waals surface area contributed by atoms with Gasteiger partial charge in [0.2, 0.25) is 0 Å². The van der Waals surface area contributed by atoms with E-state index in [2.05, 4.69) is 18.7 Å². The van der Waals surface area contributed by atoms with Gasteiger partial charge in [0.1, 0.15) is 0 Å². The van der Waals surface area contributed by atoms with E-state index < -0.39 is 0 Å². The van der Waals surface area contributed by atoms with Crippen LogP contribution in [0, 0.1) is 11.8 Å². The Morgan fingerprint density at radius 1 is 1.06 bits per heavy atom. The molecule has 0 atom stereocenters. The van der Waals surface area contributed by atoms with E-state index in [1.807, 2.05) is 27.7 Å². The summed E-state index contributed by atoms with van der Waals surface area (Å²) < 4.78 is 5.08. The molecule has 2 nitrogen and oxygen atoms in total. The molecule has 17 heavy (non-hydrogen) atoms. The van der Waals surface area contributed by atoms with Gasteiger partial charge in [0.05, 0.1) is 6.61 Å². The average molecular weight is 245 g/mol. The standard InChI is InChI=1S/C11H23NO.2C2H6/c1-10(2)11-4-6-12(7-5-11)8-9-13-3;2*1-2/h10-11H,4-9H2,1-3H3;2*1-2H3. The molecular weight excluding hydrogens is 210 g/mol. The predicted octanol–water partition coefficient (Wildman–Crippen LogP) is 4.05. The largest absolute Gasteiger partial charge is 0.383 e. The van der Waals surface area contributed by atoms with Crippen LogP contribution in [0.25, 0.3) is 0 Å². The first-order valence-corrected chi connectivity index (χ1v) is 7.45. The van der Waals surface area contributed by atoms with Gasteiger partial charge in [-0.15, -0.1) is 0 Å². The van der Waals surface area contributed by atoms with Gasteiger partial charge in [-0.2, -0.15) is 0 Å². The molecule has 0 N–H and O–H groups in total. The second-order valence-electron chi connectivity index (χ2n) is 4.42. The second kappa shape index (κ2) is 14.0. The van der Waals surface area contributed by atoms with E-state index >= 15 is 0 Å². The van der Waals surface area contributed by atoms with E-state index in [1.165, 1.54) is 25.9 Å². The number of likely N-dealkylation sites (tertiary alicyclic amines) is 1. The maximum Gasteiger partial charge on any atom is 0.0589 e. The fraction of sp³-hybridized carbons (Fsp3) is 1.00. The maximum atomic E-state index is 5.08. The van der Waals surface area contributed by atoms with Crippen LogP contribution < -0.4 is 0 Å². The zero-order valence-corrected chi connectivity index (χ0v) is 13.3. The van der Waals surface area contributed by atoms with Crippen LogP contribution in [0.2, 0.25) is 0 Å². The first-order chi connectivity index (χ1) is 8.24. The normalized spacial score (nSPS) is 16.9. The van der Waals surface area contributed by atoms with Gasteiger partial charge in [-0.05, 0) is 37.8 Å². The second-order valence-corrected chi connectivity index (χ2v) is 4.42. The Morgan fingerprint density at radius 3 is 1.88 bits per heavy atom. The molecule has 0 aliphatic carbocycles. The van der Waals surface area contributed by atoms with Crippen LogP contribution in [0.3, 0.4) is 0 Å². The van der Waals surface area contributed by atoms with Crippen molar-refractivity contribution in [2.45, 2.75) is 54.4 Å². The lowest BCUT2D eigenvalue weighted by atomic mass is 9.87. The molecule has 0 saturated carbocycles. The highest BCUT2D eigenvalue weighted by Crippen LogP contribution is 2.23. The molecule has 0 unspecified atom stereocenters. The average Bonchev–Trinajstić information content (AvgIpc) is 2.41. The monoisotopic (exact) mass is 245 g/mol. The summed E-state index contributed by atoms with van der Waals surface area (Å²) in [6.45, 7) is 17.2. The minimum Gasteiger partial charge on any atom is -0.383 e. The van der Waals surface area contributed by atoms with Crippen LogP contribution >= 0.6 is 0 Å².